The summed E-state index contributed by atoms with van der Waals surface area (Å²) in [6.45, 7) is 2.58. The quantitative estimate of drug-likeness (QED) is 0.731. The van der Waals surface area contributed by atoms with Crippen molar-refractivity contribution in [1.29, 1.82) is 0 Å². The number of anilines is 1. The second kappa shape index (κ2) is 4.56. The van der Waals surface area contributed by atoms with Crippen molar-refractivity contribution in [3.8, 4) is 11.4 Å². The van der Waals surface area contributed by atoms with Gasteiger partial charge in [0.2, 0.25) is 0 Å². The van der Waals surface area contributed by atoms with Crippen molar-refractivity contribution in [1.82, 2.24) is 14.5 Å². The van der Waals surface area contributed by atoms with Crippen LogP contribution in [0.3, 0.4) is 0 Å². The molecule has 102 valence electrons. The van der Waals surface area contributed by atoms with Crippen LogP contribution in [0.2, 0.25) is 0 Å². The summed E-state index contributed by atoms with van der Waals surface area (Å²) in [5.74, 6) is -1.40. The molecule has 0 aliphatic heterocycles. The molecular formula is C14H12F2N4. The van der Waals surface area contributed by atoms with E-state index >= 15 is 0 Å². The summed E-state index contributed by atoms with van der Waals surface area (Å²) in [6, 6.07) is 3.87. The molecular weight excluding hydrogens is 262 g/mol. The maximum absolute atomic E-state index is 13.5. The van der Waals surface area contributed by atoms with Gasteiger partial charge in [0.1, 0.15) is 11.3 Å². The van der Waals surface area contributed by atoms with Gasteiger partial charge in [0.25, 0.3) is 0 Å². The standard InChI is InChI=1S/C14H12F2N4/c1-2-20-13-3-4-18-7-12(13)19-14(20)8-5-9(15)10(16)6-11(8)17/h3-7H,2,17H2,1H3. The summed E-state index contributed by atoms with van der Waals surface area (Å²) in [4.78, 5) is 8.42. The van der Waals surface area contributed by atoms with Crippen molar-refractivity contribution in [2.45, 2.75) is 13.5 Å². The minimum atomic E-state index is -0.966. The molecule has 0 saturated heterocycles. The molecule has 0 spiro atoms. The Bertz CT molecular complexity index is 795. The summed E-state index contributed by atoms with van der Waals surface area (Å²) in [5.41, 5.74) is 7.89. The lowest BCUT2D eigenvalue weighted by atomic mass is 10.1. The number of halogens is 2. The number of nitrogen functional groups attached to an aromatic ring is 1. The van der Waals surface area contributed by atoms with E-state index in [9.17, 15) is 8.78 Å². The number of aryl methyl sites for hydroxylation is 1. The normalized spacial score (nSPS) is 11.2. The number of nitrogens with zero attached hydrogens (tertiary/aromatic N) is 3. The SMILES string of the molecule is CCn1c(-c2cc(F)c(F)cc2N)nc2cnccc21. The fourth-order valence-corrected chi connectivity index (χ4v) is 2.26. The van der Waals surface area contributed by atoms with E-state index in [4.69, 9.17) is 5.73 Å². The maximum Gasteiger partial charge on any atom is 0.160 e. The molecule has 2 N–H and O–H groups in total. The van der Waals surface area contributed by atoms with Gasteiger partial charge in [-0.2, -0.15) is 0 Å². The fourth-order valence-electron chi connectivity index (χ4n) is 2.26. The maximum atomic E-state index is 13.5. The molecule has 6 heteroatoms. The highest BCUT2D eigenvalue weighted by molar-refractivity contribution is 5.83. The number of aromatic nitrogens is 3. The van der Waals surface area contributed by atoms with Crippen molar-refractivity contribution in [2.75, 3.05) is 5.73 Å². The van der Waals surface area contributed by atoms with Gasteiger partial charge in [-0.05, 0) is 19.1 Å². The number of nitrogens with two attached hydrogens (primary N) is 1. The largest absolute Gasteiger partial charge is 0.398 e. The van der Waals surface area contributed by atoms with Crippen LogP contribution >= 0.6 is 0 Å². The lowest BCUT2D eigenvalue weighted by Crippen LogP contribution is -2.01. The van der Waals surface area contributed by atoms with Crippen LogP contribution in [-0.2, 0) is 6.54 Å². The van der Waals surface area contributed by atoms with Gasteiger partial charge in [0.15, 0.2) is 11.6 Å². The van der Waals surface area contributed by atoms with Gasteiger partial charge in [-0.1, -0.05) is 0 Å². The third kappa shape index (κ3) is 1.80. The summed E-state index contributed by atoms with van der Waals surface area (Å²) in [6.07, 6.45) is 3.29. The zero-order valence-corrected chi connectivity index (χ0v) is 10.8. The third-order valence-electron chi connectivity index (χ3n) is 3.20. The van der Waals surface area contributed by atoms with Crippen molar-refractivity contribution >= 4 is 16.7 Å². The predicted molar refractivity (Wildman–Crippen MR) is 73.0 cm³/mol. The van der Waals surface area contributed by atoms with E-state index in [1.165, 1.54) is 0 Å². The Morgan fingerprint density at radius 2 is 2.00 bits per heavy atom. The Morgan fingerprint density at radius 1 is 1.25 bits per heavy atom. The Kier molecular flexibility index (Phi) is 2.85. The smallest absolute Gasteiger partial charge is 0.160 e. The number of fused-ring (bicyclic) bond motifs is 1. The molecule has 2 aromatic heterocycles. The Morgan fingerprint density at radius 3 is 2.75 bits per heavy atom. The van der Waals surface area contributed by atoms with Gasteiger partial charge >= 0.3 is 0 Å². The Labute approximate surface area is 113 Å². The molecule has 2 heterocycles. The number of rotatable bonds is 2. The average molecular weight is 274 g/mol. The van der Waals surface area contributed by atoms with Crippen LogP contribution < -0.4 is 5.73 Å². The fraction of sp³-hybridized carbons (Fsp3) is 0.143. The number of imidazole rings is 1. The topological polar surface area (TPSA) is 56.7 Å². The third-order valence-corrected chi connectivity index (χ3v) is 3.20. The van der Waals surface area contributed by atoms with Crippen molar-refractivity contribution in [3.05, 3.63) is 42.2 Å². The molecule has 0 aliphatic rings. The van der Waals surface area contributed by atoms with Gasteiger partial charge in [-0.25, -0.2) is 13.8 Å². The van der Waals surface area contributed by atoms with Crippen LogP contribution in [0, 0.1) is 11.6 Å². The van der Waals surface area contributed by atoms with E-state index in [2.05, 4.69) is 9.97 Å². The van der Waals surface area contributed by atoms with Crippen molar-refractivity contribution in [2.24, 2.45) is 0 Å². The first kappa shape index (κ1) is 12.5. The summed E-state index contributed by atoms with van der Waals surface area (Å²) >= 11 is 0. The zero-order valence-electron chi connectivity index (χ0n) is 10.8. The molecule has 0 unspecified atom stereocenters. The van der Waals surface area contributed by atoms with Crippen LogP contribution in [0.15, 0.2) is 30.6 Å². The minimum absolute atomic E-state index is 0.155. The zero-order chi connectivity index (χ0) is 14.3. The van der Waals surface area contributed by atoms with E-state index in [1.807, 2.05) is 17.6 Å². The molecule has 0 radical (unpaired) electrons. The average Bonchev–Trinajstić information content (AvgIpc) is 2.81. The van der Waals surface area contributed by atoms with Crippen LogP contribution in [0.1, 0.15) is 6.92 Å². The second-order valence-electron chi connectivity index (χ2n) is 4.40. The summed E-state index contributed by atoms with van der Waals surface area (Å²) in [7, 11) is 0. The van der Waals surface area contributed by atoms with E-state index in [-0.39, 0.29) is 5.69 Å². The first-order chi connectivity index (χ1) is 9.61. The lowest BCUT2D eigenvalue weighted by molar-refractivity contribution is 0.509. The molecule has 0 bridgehead atoms. The predicted octanol–water partition coefficient (Wildman–Crippen LogP) is 2.98. The molecule has 4 nitrogen and oxygen atoms in total. The van der Waals surface area contributed by atoms with Gasteiger partial charge in [0.05, 0.1) is 11.7 Å². The Hall–Kier alpha value is -2.50. The molecule has 0 aliphatic carbocycles. The van der Waals surface area contributed by atoms with E-state index in [0.29, 0.717) is 23.4 Å². The van der Waals surface area contributed by atoms with Gasteiger partial charge < -0.3 is 10.3 Å². The molecule has 0 saturated carbocycles. The molecule has 1 aromatic carbocycles. The molecule has 0 amide bonds. The van der Waals surface area contributed by atoms with Crippen LogP contribution in [0.5, 0.6) is 0 Å². The lowest BCUT2D eigenvalue weighted by Gasteiger charge is -2.09. The highest BCUT2D eigenvalue weighted by Gasteiger charge is 2.16. The van der Waals surface area contributed by atoms with Crippen LogP contribution in [0.4, 0.5) is 14.5 Å². The van der Waals surface area contributed by atoms with E-state index < -0.39 is 11.6 Å². The molecule has 3 aromatic rings. The highest BCUT2D eigenvalue weighted by Crippen LogP contribution is 2.30. The summed E-state index contributed by atoms with van der Waals surface area (Å²) < 4.78 is 28.5. The molecule has 0 atom stereocenters. The number of hydrogen-bond donors (Lipinski definition) is 1. The molecule has 0 fully saturated rings. The minimum Gasteiger partial charge on any atom is -0.398 e. The highest BCUT2D eigenvalue weighted by atomic mass is 19.2. The Balaban J connectivity index is 2.32. The number of pyridine rings is 1. The van der Waals surface area contributed by atoms with Crippen molar-refractivity contribution < 1.29 is 8.78 Å². The van der Waals surface area contributed by atoms with Crippen LogP contribution in [0.25, 0.3) is 22.4 Å². The molecule has 3 rings (SSSR count). The number of benzene rings is 1. The van der Waals surface area contributed by atoms with Gasteiger partial charge in [0, 0.05) is 30.1 Å². The van der Waals surface area contributed by atoms with Gasteiger partial charge in [-0.15, -0.1) is 0 Å². The van der Waals surface area contributed by atoms with Gasteiger partial charge in [-0.3, -0.25) is 4.98 Å². The first-order valence-corrected chi connectivity index (χ1v) is 6.17. The van der Waals surface area contributed by atoms with E-state index in [0.717, 1.165) is 17.6 Å². The summed E-state index contributed by atoms with van der Waals surface area (Å²) in [5, 5.41) is 0. The second-order valence-corrected chi connectivity index (χ2v) is 4.40. The van der Waals surface area contributed by atoms with Crippen LogP contribution in [-0.4, -0.2) is 14.5 Å². The number of hydrogen-bond acceptors (Lipinski definition) is 3. The molecule has 20 heavy (non-hydrogen) atoms. The first-order valence-electron chi connectivity index (χ1n) is 6.17. The monoisotopic (exact) mass is 274 g/mol. The van der Waals surface area contributed by atoms with E-state index in [1.54, 1.807) is 12.4 Å². The van der Waals surface area contributed by atoms with Crippen molar-refractivity contribution in [3.63, 3.8) is 0 Å².